The van der Waals surface area contributed by atoms with E-state index in [1.54, 1.807) is 12.1 Å². The number of benzene rings is 1. The number of nitrogens with one attached hydrogen (secondary N) is 2. The van der Waals surface area contributed by atoms with E-state index in [9.17, 15) is 4.79 Å². The summed E-state index contributed by atoms with van der Waals surface area (Å²) in [5.41, 5.74) is 1.16. The average Bonchev–Trinajstić information content (AvgIpc) is 3.35. The Kier molecular flexibility index (Phi) is 3.89. The fourth-order valence-electron chi connectivity index (χ4n) is 2.39. The van der Waals surface area contributed by atoms with E-state index in [1.165, 1.54) is 0 Å². The molecule has 0 unspecified atom stereocenters. The fraction of sp³-hybridized carbons (Fsp3) is 0.222. The number of amides is 1. The lowest BCUT2D eigenvalue weighted by atomic mass is 10.2. The van der Waals surface area contributed by atoms with Crippen LogP contribution in [0.2, 0.25) is 0 Å². The van der Waals surface area contributed by atoms with Gasteiger partial charge in [0.05, 0.1) is 0 Å². The van der Waals surface area contributed by atoms with Crippen molar-refractivity contribution in [2.24, 2.45) is 0 Å². The molecule has 1 aromatic carbocycles. The molecular formula is C18H17N5O2. The van der Waals surface area contributed by atoms with Crippen LogP contribution in [-0.2, 0) is 0 Å². The molecule has 1 saturated carbocycles. The quantitative estimate of drug-likeness (QED) is 0.744. The first-order valence-corrected chi connectivity index (χ1v) is 8.13. The first-order chi connectivity index (χ1) is 12.2. The number of carbonyl (C=O) groups excluding carboxylic acids is 1. The van der Waals surface area contributed by atoms with Gasteiger partial charge in [-0.2, -0.15) is 0 Å². The topological polar surface area (TPSA) is 92.9 Å². The van der Waals surface area contributed by atoms with Gasteiger partial charge in [0.15, 0.2) is 11.6 Å². The van der Waals surface area contributed by atoms with E-state index < -0.39 is 0 Å². The fourth-order valence-corrected chi connectivity index (χ4v) is 2.39. The molecule has 3 aromatic rings. The van der Waals surface area contributed by atoms with E-state index in [-0.39, 0.29) is 11.9 Å². The summed E-state index contributed by atoms with van der Waals surface area (Å²) in [6, 6.07) is 13.2. The molecule has 1 amide bonds. The summed E-state index contributed by atoms with van der Waals surface area (Å²) in [6.45, 7) is 1.81. The van der Waals surface area contributed by atoms with Crippen LogP contribution < -0.4 is 10.6 Å². The Labute approximate surface area is 144 Å². The van der Waals surface area contributed by atoms with E-state index in [2.05, 4.69) is 25.8 Å². The zero-order valence-electron chi connectivity index (χ0n) is 13.7. The van der Waals surface area contributed by atoms with Crippen LogP contribution in [0.1, 0.15) is 29.1 Å². The molecule has 2 N–H and O–H groups in total. The molecule has 2 heterocycles. The molecule has 0 saturated heterocycles. The van der Waals surface area contributed by atoms with Crippen molar-refractivity contribution in [1.82, 2.24) is 20.4 Å². The van der Waals surface area contributed by atoms with Crippen LogP contribution in [0.25, 0.3) is 11.4 Å². The van der Waals surface area contributed by atoms with Gasteiger partial charge in [0.2, 0.25) is 0 Å². The second-order valence-electron chi connectivity index (χ2n) is 6.02. The maximum Gasteiger partial charge on any atom is 0.270 e. The van der Waals surface area contributed by atoms with Crippen molar-refractivity contribution in [3.8, 4) is 11.4 Å². The van der Waals surface area contributed by atoms with Crippen molar-refractivity contribution < 1.29 is 9.32 Å². The van der Waals surface area contributed by atoms with Crippen LogP contribution >= 0.6 is 0 Å². The number of rotatable bonds is 5. The number of anilines is 2. The molecule has 0 atom stereocenters. The van der Waals surface area contributed by atoms with Crippen LogP contribution in [0.5, 0.6) is 0 Å². The first kappa shape index (κ1) is 15.3. The lowest BCUT2D eigenvalue weighted by Gasteiger charge is -2.09. The number of aromatic nitrogens is 3. The van der Waals surface area contributed by atoms with E-state index in [0.717, 1.165) is 18.4 Å². The van der Waals surface area contributed by atoms with Crippen LogP contribution in [0.3, 0.4) is 0 Å². The molecule has 1 aliphatic carbocycles. The van der Waals surface area contributed by atoms with Gasteiger partial charge in [-0.25, -0.2) is 9.97 Å². The minimum atomic E-state index is -0.193. The minimum absolute atomic E-state index is 0.193. The first-order valence-electron chi connectivity index (χ1n) is 8.13. The summed E-state index contributed by atoms with van der Waals surface area (Å²) in [5.74, 6) is 1.99. The summed E-state index contributed by atoms with van der Waals surface area (Å²) in [4.78, 5) is 21.3. The van der Waals surface area contributed by atoms with Crippen molar-refractivity contribution in [3.05, 3.63) is 53.9 Å². The molecule has 25 heavy (non-hydrogen) atoms. The molecule has 1 fully saturated rings. The lowest BCUT2D eigenvalue weighted by Crippen LogP contribution is -2.26. The molecular weight excluding hydrogens is 318 g/mol. The van der Waals surface area contributed by atoms with Crippen LogP contribution in [0, 0.1) is 6.92 Å². The molecule has 0 bridgehead atoms. The molecule has 0 radical (unpaired) electrons. The SMILES string of the molecule is Cc1cc(Nc2cc(C(=O)NC3CC3)nc(-c3ccccc3)n2)no1. The number of hydrogen-bond acceptors (Lipinski definition) is 6. The third kappa shape index (κ3) is 3.65. The Morgan fingerprint density at radius 3 is 2.60 bits per heavy atom. The Morgan fingerprint density at radius 1 is 1.12 bits per heavy atom. The van der Waals surface area contributed by atoms with E-state index >= 15 is 0 Å². The van der Waals surface area contributed by atoms with Gasteiger partial charge in [-0.1, -0.05) is 35.5 Å². The van der Waals surface area contributed by atoms with E-state index in [1.807, 2.05) is 37.3 Å². The summed E-state index contributed by atoms with van der Waals surface area (Å²) >= 11 is 0. The van der Waals surface area contributed by atoms with Gasteiger partial charge in [0.25, 0.3) is 5.91 Å². The van der Waals surface area contributed by atoms with Crippen molar-refractivity contribution >= 4 is 17.5 Å². The highest BCUT2D eigenvalue weighted by Gasteiger charge is 2.25. The van der Waals surface area contributed by atoms with Crippen LogP contribution in [-0.4, -0.2) is 27.1 Å². The van der Waals surface area contributed by atoms with Crippen molar-refractivity contribution in [2.45, 2.75) is 25.8 Å². The van der Waals surface area contributed by atoms with Gasteiger partial charge >= 0.3 is 0 Å². The molecule has 7 nitrogen and oxygen atoms in total. The molecule has 1 aliphatic rings. The summed E-state index contributed by atoms with van der Waals surface area (Å²) in [7, 11) is 0. The maximum atomic E-state index is 12.4. The molecule has 4 rings (SSSR count). The van der Waals surface area contributed by atoms with Gasteiger partial charge < -0.3 is 15.2 Å². The summed E-state index contributed by atoms with van der Waals surface area (Å²) in [6.07, 6.45) is 2.04. The highest BCUT2D eigenvalue weighted by molar-refractivity contribution is 5.94. The average molecular weight is 335 g/mol. The van der Waals surface area contributed by atoms with E-state index in [0.29, 0.717) is 28.9 Å². The maximum absolute atomic E-state index is 12.4. The Morgan fingerprint density at radius 2 is 1.92 bits per heavy atom. The number of carbonyl (C=O) groups is 1. The normalized spacial score (nSPS) is 13.5. The standard InChI is InChI=1S/C18H17N5O2/c1-11-9-16(23-25-11)21-15-10-14(18(24)19-13-7-8-13)20-17(22-15)12-5-3-2-4-6-12/h2-6,9-10,13H,7-8H2,1H3,(H,19,24)(H,20,21,22,23). The van der Waals surface area contributed by atoms with Gasteiger partial charge in [-0.3, -0.25) is 4.79 Å². The predicted molar refractivity (Wildman–Crippen MR) is 92.5 cm³/mol. The van der Waals surface area contributed by atoms with Gasteiger partial charge in [-0.05, 0) is 19.8 Å². The summed E-state index contributed by atoms with van der Waals surface area (Å²) < 4.78 is 5.05. The van der Waals surface area contributed by atoms with Crippen molar-refractivity contribution in [3.63, 3.8) is 0 Å². The Bertz CT molecular complexity index is 903. The highest BCUT2D eigenvalue weighted by Crippen LogP contribution is 2.22. The number of aryl methyl sites for hydroxylation is 1. The molecule has 0 aliphatic heterocycles. The molecule has 2 aromatic heterocycles. The van der Waals surface area contributed by atoms with Crippen LogP contribution in [0.15, 0.2) is 47.0 Å². The monoisotopic (exact) mass is 335 g/mol. The molecule has 0 spiro atoms. The van der Waals surface area contributed by atoms with Crippen molar-refractivity contribution in [2.75, 3.05) is 5.32 Å². The largest absolute Gasteiger partial charge is 0.360 e. The van der Waals surface area contributed by atoms with Crippen LogP contribution in [0.4, 0.5) is 11.6 Å². The zero-order valence-corrected chi connectivity index (χ0v) is 13.7. The zero-order chi connectivity index (χ0) is 17.2. The third-order valence-corrected chi connectivity index (χ3v) is 3.79. The van der Waals surface area contributed by atoms with Gasteiger partial charge in [0.1, 0.15) is 17.3 Å². The Balaban J connectivity index is 1.70. The second-order valence-corrected chi connectivity index (χ2v) is 6.02. The highest BCUT2D eigenvalue weighted by atomic mass is 16.5. The number of hydrogen-bond donors (Lipinski definition) is 2. The molecule has 7 heteroatoms. The summed E-state index contributed by atoms with van der Waals surface area (Å²) in [5, 5.41) is 9.92. The van der Waals surface area contributed by atoms with Crippen molar-refractivity contribution in [1.29, 1.82) is 0 Å². The van der Waals surface area contributed by atoms with Gasteiger partial charge in [0, 0.05) is 23.7 Å². The number of nitrogens with zero attached hydrogens (tertiary/aromatic N) is 3. The second kappa shape index (κ2) is 6.35. The Hall–Kier alpha value is -3.22. The lowest BCUT2D eigenvalue weighted by molar-refractivity contribution is 0.0946. The third-order valence-electron chi connectivity index (χ3n) is 3.79. The van der Waals surface area contributed by atoms with E-state index in [4.69, 9.17) is 4.52 Å². The molecule has 126 valence electrons. The smallest absolute Gasteiger partial charge is 0.270 e. The predicted octanol–water partition coefficient (Wildman–Crippen LogP) is 3.08. The van der Waals surface area contributed by atoms with Gasteiger partial charge in [-0.15, -0.1) is 0 Å². The minimum Gasteiger partial charge on any atom is -0.360 e.